The number of anilines is 1. The Morgan fingerprint density at radius 3 is 2.50 bits per heavy atom. The Bertz CT molecular complexity index is 887. The van der Waals surface area contributed by atoms with Gasteiger partial charge in [0.2, 0.25) is 15.9 Å². The molecule has 0 unspecified atom stereocenters. The average Bonchev–Trinajstić information content (AvgIpc) is 2.54. The highest BCUT2D eigenvalue weighted by molar-refractivity contribution is 7.89. The number of aryl methyl sites for hydroxylation is 2. The van der Waals surface area contributed by atoms with Crippen LogP contribution in [0.2, 0.25) is 0 Å². The lowest BCUT2D eigenvalue weighted by atomic mass is 10.1. The zero-order valence-electron chi connectivity index (χ0n) is 13.8. The van der Waals surface area contributed by atoms with Crippen molar-refractivity contribution in [2.45, 2.75) is 18.7 Å². The number of hydrogen-bond donors (Lipinski definition) is 2. The summed E-state index contributed by atoms with van der Waals surface area (Å²) in [4.78, 5) is 12.2. The molecule has 0 aliphatic carbocycles. The average molecular weight is 344 g/mol. The van der Waals surface area contributed by atoms with Crippen molar-refractivity contribution < 1.29 is 13.2 Å². The lowest BCUT2D eigenvalue weighted by Gasteiger charge is -2.09. The fourth-order valence-corrected chi connectivity index (χ4v) is 3.20. The summed E-state index contributed by atoms with van der Waals surface area (Å²) in [6, 6.07) is 12.5. The number of amides is 1. The molecule has 0 saturated carbocycles. The SMILES string of the molecule is CNS(=O)(=O)c1cc(NC(=O)/C=C/c2cccc(C)c2)ccc1C. The van der Waals surface area contributed by atoms with Crippen LogP contribution < -0.4 is 10.0 Å². The van der Waals surface area contributed by atoms with Gasteiger partial charge in [-0.1, -0.05) is 35.9 Å². The molecule has 0 aliphatic heterocycles. The zero-order chi connectivity index (χ0) is 17.7. The Hall–Kier alpha value is -2.44. The molecule has 126 valence electrons. The van der Waals surface area contributed by atoms with Crippen molar-refractivity contribution in [3.8, 4) is 0 Å². The number of rotatable bonds is 5. The first-order valence-electron chi connectivity index (χ1n) is 7.42. The van der Waals surface area contributed by atoms with Crippen molar-refractivity contribution in [3.05, 3.63) is 65.2 Å². The van der Waals surface area contributed by atoms with Gasteiger partial charge in [0.15, 0.2) is 0 Å². The van der Waals surface area contributed by atoms with E-state index >= 15 is 0 Å². The Balaban J connectivity index is 2.16. The van der Waals surface area contributed by atoms with Gasteiger partial charge in [-0.05, 0) is 50.2 Å². The molecule has 0 heterocycles. The first-order valence-corrected chi connectivity index (χ1v) is 8.90. The summed E-state index contributed by atoms with van der Waals surface area (Å²) in [5, 5.41) is 2.67. The summed E-state index contributed by atoms with van der Waals surface area (Å²) in [7, 11) is -2.21. The molecule has 2 aromatic rings. The van der Waals surface area contributed by atoms with E-state index in [1.165, 1.54) is 19.2 Å². The molecule has 0 bridgehead atoms. The molecular formula is C18H20N2O3S. The Morgan fingerprint density at radius 2 is 1.83 bits per heavy atom. The van der Waals surface area contributed by atoms with Crippen LogP contribution in [0.15, 0.2) is 53.4 Å². The van der Waals surface area contributed by atoms with Crippen LogP contribution in [0.1, 0.15) is 16.7 Å². The fourth-order valence-electron chi connectivity index (χ4n) is 2.21. The summed E-state index contributed by atoms with van der Waals surface area (Å²) in [5.41, 5.74) is 3.07. The molecule has 0 spiro atoms. The number of carbonyl (C=O) groups is 1. The van der Waals surface area contributed by atoms with Crippen LogP contribution in [0, 0.1) is 13.8 Å². The third kappa shape index (κ3) is 4.53. The van der Waals surface area contributed by atoms with E-state index in [-0.39, 0.29) is 10.8 Å². The Kier molecular flexibility index (Phi) is 5.54. The third-order valence-electron chi connectivity index (χ3n) is 3.48. The van der Waals surface area contributed by atoms with Crippen molar-refractivity contribution in [1.29, 1.82) is 0 Å². The van der Waals surface area contributed by atoms with E-state index in [0.29, 0.717) is 11.3 Å². The largest absolute Gasteiger partial charge is 0.322 e. The normalized spacial score (nSPS) is 11.6. The molecule has 0 aliphatic rings. The van der Waals surface area contributed by atoms with Gasteiger partial charge in [0, 0.05) is 11.8 Å². The number of benzene rings is 2. The topological polar surface area (TPSA) is 75.3 Å². The van der Waals surface area contributed by atoms with Crippen molar-refractivity contribution >= 4 is 27.7 Å². The zero-order valence-corrected chi connectivity index (χ0v) is 14.6. The van der Waals surface area contributed by atoms with Crippen molar-refractivity contribution in [3.63, 3.8) is 0 Å². The van der Waals surface area contributed by atoms with Crippen LogP contribution in [-0.4, -0.2) is 21.4 Å². The van der Waals surface area contributed by atoms with Crippen LogP contribution in [0.5, 0.6) is 0 Å². The second-order valence-electron chi connectivity index (χ2n) is 5.42. The number of carbonyl (C=O) groups excluding carboxylic acids is 1. The van der Waals surface area contributed by atoms with Crippen LogP contribution in [0.3, 0.4) is 0 Å². The first-order chi connectivity index (χ1) is 11.3. The molecule has 5 nitrogen and oxygen atoms in total. The molecule has 2 rings (SSSR count). The molecule has 0 radical (unpaired) electrons. The van der Waals surface area contributed by atoms with Crippen LogP contribution in [0.4, 0.5) is 5.69 Å². The molecule has 2 N–H and O–H groups in total. The van der Waals surface area contributed by atoms with Gasteiger partial charge in [0.25, 0.3) is 0 Å². The van der Waals surface area contributed by atoms with E-state index in [1.54, 1.807) is 25.1 Å². The summed E-state index contributed by atoms with van der Waals surface area (Å²) in [6.07, 6.45) is 3.13. The summed E-state index contributed by atoms with van der Waals surface area (Å²) < 4.78 is 26.2. The van der Waals surface area contributed by atoms with E-state index in [1.807, 2.05) is 31.2 Å². The predicted molar refractivity (Wildman–Crippen MR) is 96.3 cm³/mol. The maximum atomic E-state index is 12.0. The lowest BCUT2D eigenvalue weighted by molar-refractivity contribution is -0.111. The van der Waals surface area contributed by atoms with Gasteiger partial charge in [-0.15, -0.1) is 0 Å². The molecule has 6 heteroatoms. The summed E-state index contributed by atoms with van der Waals surface area (Å²) >= 11 is 0. The minimum atomic E-state index is -3.57. The highest BCUT2D eigenvalue weighted by Crippen LogP contribution is 2.20. The first kappa shape index (κ1) is 17.9. The van der Waals surface area contributed by atoms with Gasteiger partial charge in [-0.3, -0.25) is 4.79 Å². The van der Waals surface area contributed by atoms with Crippen LogP contribution in [-0.2, 0) is 14.8 Å². The second-order valence-corrected chi connectivity index (χ2v) is 7.28. The van der Waals surface area contributed by atoms with Gasteiger partial charge >= 0.3 is 0 Å². The highest BCUT2D eigenvalue weighted by atomic mass is 32.2. The molecule has 0 aromatic heterocycles. The smallest absolute Gasteiger partial charge is 0.248 e. The van der Waals surface area contributed by atoms with Gasteiger partial charge in [0.1, 0.15) is 0 Å². The molecular weight excluding hydrogens is 324 g/mol. The van der Waals surface area contributed by atoms with E-state index in [4.69, 9.17) is 0 Å². The highest BCUT2D eigenvalue weighted by Gasteiger charge is 2.15. The molecule has 24 heavy (non-hydrogen) atoms. The lowest BCUT2D eigenvalue weighted by Crippen LogP contribution is -2.20. The summed E-state index contributed by atoms with van der Waals surface area (Å²) in [5.74, 6) is -0.326. The Morgan fingerprint density at radius 1 is 1.08 bits per heavy atom. The van der Waals surface area contributed by atoms with E-state index in [0.717, 1.165) is 11.1 Å². The Labute approximate surface area is 142 Å². The number of nitrogens with one attached hydrogen (secondary N) is 2. The minimum absolute atomic E-state index is 0.144. The summed E-state index contributed by atoms with van der Waals surface area (Å²) in [6.45, 7) is 3.68. The molecule has 2 aromatic carbocycles. The van der Waals surface area contributed by atoms with Crippen molar-refractivity contribution in [2.24, 2.45) is 0 Å². The number of sulfonamides is 1. The molecule has 1 amide bonds. The maximum Gasteiger partial charge on any atom is 0.248 e. The third-order valence-corrected chi connectivity index (χ3v) is 5.04. The molecule has 0 saturated heterocycles. The van der Waals surface area contributed by atoms with Crippen molar-refractivity contribution in [2.75, 3.05) is 12.4 Å². The molecule has 0 fully saturated rings. The standard InChI is InChI=1S/C18H20N2O3S/c1-13-5-4-6-15(11-13)8-10-18(21)20-16-9-7-14(2)17(12-16)24(22,23)19-3/h4-12,19H,1-3H3,(H,20,21)/b10-8+. The predicted octanol–water partition coefficient (Wildman–Crippen LogP) is 2.86. The fraction of sp³-hybridized carbons (Fsp3) is 0.167. The van der Waals surface area contributed by atoms with Gasteiger partial charge < -0.3 is 5.32 Å². The minimum Gasteiger partial charge on any atom is -0.322 e. The second kappa shape index (κ2) is 7.42. The monoisotopic (exact) mass is 344 g/mol. The van der Waals surface area contributed by atoms with Gasteiger partial charge in [0.05, 0.1) is 4.90 Å². The van der Waals surface area contributed by atoms with Crippen molar-refractivity contribution in [1.82, 2.24) is 4.72 Å². The van der Waals surface area contributed by atoms with Gasteiger partial charge in [-0.25, -0.2) is 13.1 Å². The maximum absolute atomic E-state index is 12.0. The van der Waals surface area contributed by atoms with Crippen LogP contribution in [0.25, 0.3) is 6.08 Å². The molecule has 0 atom stereocenters. The van der Waals surface area contributed by atoms with Crippen LogP contribution >= 0.6 is 0 Å². The van der Waals surface area contributed by atoms with Gasteiger partial charge in [-0.2, -0.15) is 0 Å². The van der Waals surface area contributed by atoms with E-state index < -0.39 is 10.0 Å². The quantitative estimate of drug-likeness (QED) is 0.819. The van der Waals surface area contributed by atoms with E-state index in [9.17, 15) is 13.2 Å². The van der Waals surface area contributed by atoms with E-state index in [2.05, 4.69) is 10.0 Å². The number of hydrogen-bond acceptors (Lipinski definition) is 3.